The monoisotopic (exact) mass is 546 g/mol. The highest BCUT2D eigenvalue weighted by Gasteiger charge is 2.35. The Morgan fingerprint density at radius 1 is 1.00 bits per heavy atom. The summed E-state index contributed by atoms with van der Waals surface area (Å²) in [6, 6.07) is 11.6. The number of amides is 2. The first-order chi connectivity index (χ1) is 19.3. The van der Waals surface area contributed by atoms with Gasteiger partial charge in [0.2, 0.25) is 0 Å². The van der Waals surface area contributed by atoms with Gasteiger partial charge in [-0.05, 0) is 30.2 Å². The SMILES string of the molecule is O=C1c2ccccc2C(=O)N1Cc1cn(-c2cc(F)c(C3=CCN(Cc4ccc([N+](=O)[O-])o4)CC3)c(F)c2)nn1. The summed E-state index contributed by atoms with van der Waals surface area (Å²) >= 11 is 0. The lowest BCUT2D eigenvalue weighted by atomic mass is 9.98. The fourth-order valence-corrected chi connectivity index (χ4v) is 4.89. The molecule has 2 aliphatic rings. The molecule has 2 aliphatic heterocycles. The summed E-state index contributed by atoms with van der Waals surface area (Å²) in [6.07, 6.45) is 3.50. The highest BCUT2D eigenvalue weighted by molar-refractivity contribution is 6.21. The van der Waals surface area contributed by atoms with Gasteiger partial charge in [-0.3, -0.25) is 29.5 Å². The van der Waals surface area contributed by atoms with E-state index in [9.17, 15) is 19.7 Å². The first-order valence-corrected chi connectivity index (χ1v) is 12.3. The fourth-order valence-electron chi connectivity index (χ4n) is 4.89. The molecule has 0 bridgehead atoms. The van der Waals surface area contributed by atoms with E-state index in [2.05, 4.69) is 10.3 Å². The largest absolute Gasteiger partial charge is 0.433 e. The van der Waals surface area contributed by atoms with Gasteiger partial charge in [0.25, 0.3) is 11.8 Å². The summed E-state index contributed by atoms with van der Waals surface area (Å²) in [5.41, 5.74) is 1.36. The van der Waals surface area contributed by atoms with E-state index in [-0.39, 0.29) is 29.4 Å². The molecule has 0 fully saturated rings. The van der Waals surface area contributed by atoms with E-state index in [1.165, 1.54) is 23.0 Å². The number of nitrogens with zero attached hydrogens (tertiary/aromatic N) is 6. The fraction of sp³-hybridized carbons (Fsp3) is 0.185. The van der Waals surface area contributed by atoms with E-state index in [4.69, 9.17) is 4.42 Å². The van der Waals surface area contributed by atoms with Crippen LogP contribution in [0.4, 0.5) is 14.7 Å². The summed E-state index contributed by atoms with van der Waals surface area (Å²) in [6.45, 7) is 1.06. The van der Waals surface area contributed by atoms with Crippen LogP contribution in [-0.2, 0) is 13.1 Å². The highest BCUT2D eigenvalue weighted by atomic mass is 19.1. The third-order valence-corrected chi connectivity index (χ3v) is 6.85. The smallest absolute Gasteiger partial charge is 0.404 e. The van der Waals surface area contributed by atoms with Gasteiger partial charge in [-0.1, -0.05) is 23.4 Å². The molecule has 0 unspecified atom stereocenters. The molecule has 0 radical (unpaired) electrons. The minimum absolute atomic E-state index is 0.0947. The van der Waals surface area contributed by atoms with Gasteiger partial charge in [0.15, 0.2) is 0 Å². The number of furan rings is 1. The van der Waals surface area contributed by atoms with E-state index in [1.807, 2.05) is 4.90 Å². The standard InChI is InChI=1S/C27H20F2N6O5/c28-22-11-18(34-14-17(30-31-34)13-33-26(36)20-3-1-2-4-21(20)27(33)37)12-23(29)25(22)16-7-9-32(10-8-16)15-19-5-6-24(40-19)35(38)39/h1-7,11-12,14H,8-10,13,15H2. The molecule has 4 aromatic rings. The molecule has 13 heteroatoms. The van der Waals surface area contributed by atoms with Crippen molar-refractivity contribution in [2.24, 2.45) is 0 Å². The first kappa shape index (κ1) is 25.2. The molecule has 2 aromatic carbocycles. The van der Waals surface area contributed by atoms with Gasteiger partial charge in [0.05, 0.1) is 42.2 Å². The number of fused-ring (bicyclic) bond motifs is 1. The number of benzene rings is 2. The van der Waals surface area contributed by atoms with Crippen molar-refractivity contribution >= 4 is 23.3 Å². The number of carbonyl (C=O) groups excluding carboxylic acids is 2. The Morgan fingerprint density at radius 3 is 2.30 bits per heavy atom. The van der Waals surface area contributed by atoms with Crippen LogP contribution in [0, 0.1) is 21.7 Å². The molecule has 11 nitrogen and oxygen atoms in total. The normalized spacial score (nSPS) is 15.4. The molecule has 202 valence electrons. The molecule has 0 spiro atoms. The molecule has 0 atom stereocenters. The number of hydrogen-bond donors (Lipinski definition) is 0. The third-order valence-electron chi connectivity index (χ3n) is 6.85. The van der Waals surface area contributed by atoms with Crippen LogP contribution in [-0.4, -0.2) is 54.6 Å². The number of carbonyl (C=O) groups is 2. The van der Waals surface area contributed by atoms with Gasteiger partial charge in [-0.15, -0.1) is 5.10 Å². The van der Waals surface area contributed by atoms with E-state index in [1.54, 1.807) is 30.3 Å². The van der Waals surface area contributed by atoms with Crippen molar-refractivity contribution in [2.75, 3.05) is 13.1 Å². The van der Waals surface area contributed by atoms with Crippen molar-refractivity contribution in [1.29, 1.82) is 0 Å². The van der Waals surface area contributed by atoms with Gasteiger partial charge >= 0.3 is 5.88 Å². The average molecular weight is 546 g/mol. The Labute approximate surface area is 225 Å². The minimum Gasteiger partial charge on any atom is -0.404 e. The number of hydrogen-bond acceptors (Lipinski definition) is 8. The maximum Gasteiger partial charge on any atom is 0.433 e. The van der Waals surface area contributed by atoms with Crippen LogP contribution < -0.4 is 0 Å². The number of aromatic nitrogens is 3. The molecule has 2 aromatic heterocycles. The number of imide groups is 1. The molecular formula is C27H20F2N6O5. The lowest BCUT2D eigenvalue weighted by molar-refractivity contribution is -0.402. The first-order valence-electron chi connectivity index (χ1n) is 12.3. The number of halogens is 2. The molecular weight excluding hydrogens is 526 g/mol. The Balaban J connectivity index is 1.15. The van der Waals surface area contributed by atoms with Crippen LogP contribution >= 0.6 is 0 Å². The van der Waals surface area contributed by atoms with Crippen LogP contribution in [0.15, 0.2) is 65.2 Å². The molecule has 0 N–H and O–H groups in total. The quantitative estimate of drug-likeness (QED) is 0.192. The lowest BCUT2D eigenvalue weighted by Gasteiger charge is -2.26. The minimum atomic E-state index is -0.770. The van der Waals surface area contributed by atoms with Crippen molar-refractivity contribution < 1.29 is 27.7 Å². The highest BCUT2D eigenvalue weighted by Crippen LogP contribution is 2.30. The summed E-state index contributed by atoms with van der Waals surface area (Å²) in [4.78, 5) is 38.4. The second kappa shape index (κ2) is 9.93. The predicted molar refractivity (Wildman–Crippen MR) is 135 cm³/mol. The summed E-state index contributed by atoms with van der Waals surface area (Å²) < 4.78 is 36.7. The zero-order valence-corrected chi connectivity index (χ0v) is 20.8. The van der Waals surface area contributed by atoms with Crippen LogP contribution in [0.25, 0.3) is 11.3 Å². The molecule has 4 heterocycles. The van der Waals surface area contributed by atoms with Gasteiger partial charge < -0.3 is 4.42 Å². The molecule has 0 saturated heterocycles. The maximum absolute atomic E-state index is 15.2. The summed E-state index contributed by atoms with van der Waals surface area (Å²) in [5, 5.41) is 18.7. The van der Waals surface area contributed by atoms with E-state index >= 15 is 8.78 Å². The van der Waals surface area contributed by atoms with Gasteiger partial charge in [0, 0.05) is 30.8 Å². The van der Waals surface area contributed by atoms with E-state index < -0.39 is 28.4 Å². The van der Waals surface area contributed by atoms with E-state index in [0.29, 0.717) is 48.5 Å². The van der Waals surface area contributed by atoms with Gasteiger partial charge in [-0.2, -0.15) is 0 Å². The molecule has 0 aliphatic carbocycles. The van der Waals surface area contributed by atoms with Crippen molar-refractivity contribution in [3.63, 3.8) is 0 Å². The molecule has 2 amide bonds. The second-order valence-electron chi connectivity index (χ2n) is 9.39. The van der Waals surface area contributed by atoms with Crippen LogP contribution in [0.5, 0.6) is 0 Å². The van der Waals surface area contributed by atoms with Crippen LogP contribution in [0.3, 0.4) is 0 Å². The number of nitro groups is 1. The third kappa shape index (κ3) is 4.56. The summed E-state index contributed by atoms with van der Waals surface area (Å²) in [7, 11) is 0. The maximum atomic E-state index is 15.2. The molecule has 6 rings (SSSR count). The Kier molecular flexibility index (Phi) is 6.27. The summed E-state index contributed by atoms with van der Waals surface area (Å²) in [5.74, 6) is -2.33. The van der Waals surface area contributed by atoms with Crippen molar-refractivity contribution in [2.45, 2.75) is 19.5 Å². The zero-order chi connectivity index (χ0) is 28.0. The van der Waals surface area contributed by atoms with Gasteiger partial charge in [-0.25, -0.2) is 13.5 Å². The Morgan fingerprint density at radius 2 is 1.70 bits per heavy atom. The lowest BCUT2D eigenvalue weighted by Crippen LogP contribution is -2.29. The molecule has 40 heavy (non-hydrogen) atoms. The van der Waals surface area contributed by atoms with E-state index in [0.717, 1.165) is 17.0 Å². The zero-order valence-electron chi connectivity index (χ0n) is 20.8. The topological polar surface area (TPSA) is 128 Å². The molecule has 0 saturated carbocycles. The van der Waals surface area contributed by atoms with Crippen molar-refractivity contribution in [3.8, 4) is 5.69 Å². The van der Waals surface area contributed by atoms with Gasteiger partial charge in [0.1, 0.15) is 28.0 Å². The van der Waals surface area contributed by atoms with Crippen LogP contribution in [0.1, 0.15) is 44.2 Å². The van der Waals surface area contributed by atoms with Crippen molar-refractivity contribution in [3.05, 3.63) is 111 Å². The average Bonchev–Trinajstić information content (AvgIpc) is 3.66. The van der Waals surface area contributed by atoms with Crippen molar-refractivity contribution in [1.82, 2.24) is 24.8 Å². The Hall–Kier alpha value is -5.04. The predicted octanol–water partition coefficient (Wildman–Crippen LogP) is 4.13. The number of rotatable bonds is 7. The Bertz CT molecular complexity index is 1650. The van der Waals surface area contributed by atoms with Crippen LogP contribution in [0.2, 0.25) is 0 Å². The second-order valence-corrected chi connectivity index (χ2v) is 9.39.